The van der Waals surface area contributed by atoms with Gasteiger partial charge in [-0.05, 0) is 32.7 Å². The van der Waals surface area contributed by atoms with E-state index in [4.69, 9.17) is 28.0 Å². The van der Waals surface area contributed by atoms with Gasteiger partial charge in [-0.3, -0.25) is 24.0 Å². The highest BCUT2D eigenvalue weighted by molar-refractivity contribution is 5.95. The highest BCUT2D eigenvalue weighted by Gasteiger charge is 2.32. The van der Waals surface area contributed by atoms with Gasteiger partial charge >= 0.3 is 5.97 Å². The molecule has 15 heteroatoms. The van der Waals surface area contributed by atoms with Gasteiger partial charge in [-0.25, -0.2) is 4.79 Å². The van der Waals surface area contributed by atoms with Crippen LogP contribution >= 0.6 is 0 Å². The Balaban J connectivity index is 5.44. The zero-order chi connectivity index (χ0) is 26.4. The maximum absolute atomic E-state index is 12.7. The molecule has 0 heterocycles. The fourth-order valence-electron chi connectivity index (χ4n) is 2.80. The first-order valence-corrected chi connectivity index (χ1v) is 10.6. The van der Waals surface area contributed by atoms with Crippen molar-refractivity contribution in [3.63, 3.8) is 0 Å². The number of aliphatic hydroxyl groups excluding tert-OH is 1. The first-order chi connectivity index (χ1) is 15.8. The van der Waals surface area contributed by atoms with Crippen LogP contribution in [0.2, 0.25) is 0 Å². The van der Waals surface area contributed by atoms with E-state index in [1.54, 1.807) is 0 Å². The normalized spacial score (nSPS) is 15.2. The van der Waals surface area contributed by atoms with Gasteiger partial charge in [0.2, 0.25) is 29.5 Å². The van der Waals surface area contributed by atoms with Crippen LogP contribution in [0.25, 0.3) is 0 Å². The van der Waals surface area contributed by atoms with Crippen molar-refractivity contribution in [1.82, 2.24) is 16.0 Å². The Bertz CT molecular complexity index is 746. The molecule has 0 saturated heterocycles. The molecule has 5 amide bonds. The van der Waals surface area contributed by atoms with Gasteiger partial charge in [-0.1, -0.05) is 6.42 Å². The minimum absolute atomic E-state index is 0.289. The van der Waals surface area contributed by atoms with Crippen molar-refractivity contribution >= 4 is 35.5 Å². The minimum Gasteiger partial charge on any atom is -0.480 e. The molecule has 0 aromatic heterocycles. The summed E-state index contributed by atoms with van der Waals surface area (Å²) in [7, 11) is 0. The summed E-state index contributed by atoms with van der Waals surface area (Å²) in [5.41, 5.74) is 21.2. The highest BCUT2D eigenvalue weighted by atomic mass is 16.4. The van der Waals surface area contributed by atoms with Gasteiger partial charge in [0, 0.05) is 6.42 Å². The van der Waals surface area contributed by atoms with Crippen molar-refractivity contribution in [2.24, 2.45) is 22.9 Å². The molecule has 0 radical (unpaired) electrons. The molecule has 0 aliphatic rings. The Kier molecular flexibility index (Phi) is 14.0. The number of carboxylic acids is 1. The number of hydrogen-bond donors (Lipinski definition) is 9. The summed E-state index contributed by atoms with van der Waals surface area (Å²) < 4.78 is 0. The van der Waals surface area contributed by atoms with E-state index in [2.05, 4.69) is 10.6 Å². The van der Waals surface area contributed by atoms with Gasteiger partial charge in [0.15, 0.2) is 0 Å². The molecule has 5 unspecified atom stereocenters. The van der Waals surface area contributed by atoms with Crippen LogP contribution in [0, 0.1) is 0 Å². The van der Waals surface area contributed by atoms with Crippen LogP contribution in [0.3, 0.4) is 0 Å². The predicted octanol–water partition coefficient (Wildman–Crippen LogP) is -4.50. The van der Waals surface area contributed by atoms with E-state index in [9.17, 15) is 33.9 Å². The lowest BCUT2D eigenvalue weighted by molar-refractivity contribution is -0.144. The topological polar surface area (TPSA) is 283 Å². The Labute approximate surface area is 196 Å². The van der Waals surface area contributed by atoms with E-state index >= 15 is 0 Å². The predicted molar refractivity (Wildman–Crippen MR) is 118 cm³/mol. The molecule has 13 N–H and O–H groups in total. The van der Waals surface area contributed by atoms with Gasteiger partial charge in [-0.2, -0.15) is 0 Å². The van der Waals surface area contributed by atoms with Crippen LogP contribution in [0.4, 0.5) is 0 Å². The van der Waals surface area contributed by atoms with Crippen molar-refractivity contribution in [2.45, 2.75) is 75.7 Å². The SMILES string of the molecule is CC(O)C(NC(=O)C(N)CCCCN)C(=O)NC(CCC(N)=O)C(=O)NC(CC(N)=O)C(=O)O. The third-order valence-corrected chi connectivity index (χ3v) is 4.70. The van der Waals surface area contributed by atoms with Crippen LogP contribution in [-0.2, 0) is 28.8 Å². The van der Waals surface area contributed by atoms with Crippen LogP contribution in [0.15, 0.2) is 0 Å². The quantitative estimate of drug-likeness (QED) is 0.0882. The Morgan fingerprint density at radius 2 is 1.41 bits per heavy atom. The fraction of sp³-hybridized carbons (Fsp3) is 0.684. The lowest BCUT2D eigenvalue weighted by atomic mass is 10.1. The number of aliphatic carboxylic acids is 1. The summed E-state index contributed by atoms with van der Waals surface area (Å²) in [5, 5.41) is 25.7. The number of nitrogens with two attached hydrogens (primary N) is 4. The maximum atomic E-state index is 12.7. The molecule has 0 saturated carbocycles. The van der Waals surface area contributed by atoms with E-state index in [0.717, 1.165) is 0 Å². The van der Waals surface area contributed by atoms with Crippen molar-refractivity contribution in [3.05, 3.63) is 0 Å². The van der Waals surface area contributed by atoms with E-state index in [1.165, 1.54) is 6.92 Å². The second-order valence-corrected chi connectivity index (χ2v) is 7.75. The smallest absolute Gasteiger partial charge is 0.326 e. The third kappa shape index (κ3) is 12.1. The highest BCUT2D eigenvalue weighted by Crippen LogP contribution is 2.04. The van der Waals surface area contributed by atoms with Crippen molar-refractivity contribution in [2.75, 3.05) is 6.54 Å². The second kappa shape index (κ2) is 15.5. The molecule has 0 aromatic carbocycles. The van der Waals surface area contributed by atoms with Crippen LogP contribution < -0.4 is 38.9 Å². The molecule has 0 rings (SSSR count). The fourth-order valence-corrected chi connectivity index (χ4v) is 2.80. The molecule has 0 aromatic rings. The number of amides is 5. The molecule has 15 nitrogen and oxygen atoms in total. The first kappa shape index (κ1) is 30.7. The summed E-state index contributed by atoms with van der Waals surface area (Å²) in [6.45, 7) is 1.64. The molecule has 0 aliphatic heterocycles. The van der Waals surface area contributed by atoms with Crippen LogP contribution in [0.1, 0.15) is 45.4 Å². The number of unbranched alkanes of at least 4 members (excludes halogenated alkanes) is 1. The van der Waals surface area contributed by atoms with E-state index in [0.29, 0.717) is 19.4 Å². The van der Waals surface area contributed by atoms with Crippen molar-refractivity contribution in [3.8, 4) is 0 Å². The Morgan fingerprint density at radius 3 is 1.88 bits per heavy atom. The van der Waals surface area contributed by atoms with Gasteiger partial charge in [0.1, 0.15) is 18.1 Å². The molecule has 34 heavy (non-hydrogen) atoms. The van der Waals surface area contributed by atoms with Gasteiger partial charge < -0.3 is 49.1 Å². The molecule has 0 aliphatic carbocycles. The molecule has 0 spiro atoms. The van der Waals surface area contributed by atoms with Gasteiger partial charge in [0.05, 0.1) is 18.6 Å². The summed E-state index contributed by atoms with van der Waals surface area (Å²) in [6, 6.07) is -5.65. The lowest BCUT2D eigenvalue weighted by Crippen LogP contribution is -2.60. The molecule has 5 atom stereocenters. The van der Waals surface area contributed by atoms with E-state index < -0.39 is 72.2 Å². The molecular weight excluding hydrogens is 454 g/mol. The summed E-state index contributed by atoms with van der Waals surface area (Å²) >= 11 is 0. The number of rotatable bonds is 17. The average molecular weight is 490 g/mol. The molecule has 194 valence electrons. The number of carboxylic acid groups (broad SMARTS) is 1. The zero-order valence-corrected chi connectivity index (χ0v) is 19.0. The van der Waals surface area contributed by atoms with Crippen LogP contribution in [0.5, 0.6) is 0 Å². The Hall–Kier alpha value is -3.30. The summed E-state index contributed by atoms with van der Waals surface area (Å²) in [5.74, 6) is -6.11. The van der Waals surface area contributed by atoms with Gasteiger partial charge in [0.25, 0.3) is 0 Å². The first-order valence-electron chi connectivity index (χ1n) is 10.6. The van der Waals surface area contributed by atoms with Crippen LogP contribution in [-0.4, -0.2) is 82.5 Å². The Morgan fingerprint density at radius 1 is 0.824 bits per heavy atom. The largest absolute Gasteiger partial charge is 0.480 e. The summed E-state index contributed by atoms with van der Waals surface area (Å²) in [6.07, 6.45) is -1.30. The van der Waals surface area contributed by atoms with Crippen molar-refractivity contribution in [1.29, 1.82) is 0 Å². The third-order valence-electron chi connectivity index (χ3n) is 4.70. The number of carbonyl (C=O) groups excluding carboxylic acids is 5. The lowest BCUT2D eigenvalue weighted by Gasteiger charge is -2.26. The van der Waals surface area contributed by atoms with E-state index in [1.807, 2.05) is 5.32 Å². The number of aliphatic hydroxyl groups is 1. The molecular formula is C19H35N7O8. The van der Waals surface area contributed by atoms with Gasteiger partial charge in [-0.15, -0.1) is 0 Å². The molecule has 0 fully saturated rings. The number of nitrogens with one attached hydrogen (secondary N) is 3. The summed E-state index contributed by atoms with van der Waals surface area (Å²) in [4.78, 5) is 71.1. The average Bonchev–Trinajstić information content (AvgIpc) is 2.73. The monoisotopic (exact) mass is 489 g/mol. The second-order valence-electron chi connectivity index (χ2n) is 7.75. The van der Waals surface area contributed by atoms with Crippen molar-refractivity contribution < 1.29 is 39.0 Å². The minimum atomic E-state index is -1.68. The number of primary amides is 2. The maximum Gasteiger partial charge on any atom is 0.326 e. The molecule has 0 bridgehead atoms. The number of carbonyl (C=O) groups is 6. The standard InChI is InChI=1S/C19H35N7O8/c1-9(27)15(26-16(30)10(21)4-2-3-7-20)18(32)24-11(5-6-13(22)28)17(31)25-12(19(33)34)8-14(23)29/h9-12,15,27H,2-8,20-21H2,1H3,(H2,22,28)(H2,23,29)(H,24,32)(H,25,31)(H,26,30)(H,33,34). The van der Waals surface area contributed by atoms with E-state index in [-0.39, 0.29) is 19.3 Å². The number of hydrogen-bond acceptors (Lipinski definition) is 9. The zero-order valence-electron chi connectivity index (χ0n) is 19.0.